The number of hydrogen-bond donors (Lipinski definition) is 4. The quantitative estimate of drug-likeness (QED) is 0.210. The van der Waals surface area contributed by atoms with E-state index >= 15 is 0 Å². The molecule has 6 rings (SSSR count). The highest BCUT2D eigenvalue weighted by molar-refractivity contribution is 6.36. The smallest absolute Gasteiger partial charge is 0.103 e. The van der Waals surface area contributed by atoms with Crippen molar-refractivity contribution in [3.63, 3.8) is 0 Å². The van der Waals surface area contributed by atoms with Crippen LogP contribution in [0, 0.1) is 11.3 Å². The van der Waals surface area contributed by atoms with Gasteiger partial charge in [-0.1, -0.05) is 54.6 Å². The van der Waals surface area contributed by atoms with Crippen molar-refractivity contribution in [2.75, 3.05) is 23.7 Å². The predicted octanol–water partition coefficient (Wildman–Crippen LogP) is 7.74. The van der Waals surface area contributed by atoms with Gasteiger partial charge in [0.25, 0.3) is 0 Å². The SMILES string of the molecule is CC(C)(C)N1CCC(N2C=C([C@@H](Nc3cc(Cl)c4ncc(C#N)c(NC5CCCCC5)c4c3)c3ccc(Cl)cc3)NN2)CC1. The van der Waals surface area contributed by atoms with Gasteiger partial charge >= 0.3 is 0 Å². The van der Waals surface area contributed by atoms with E-state index in [0.717, 1.165) is 66.8 Å². The molecule has 1 aliphatic carbocycles. The molecule has 3 aliphatic rings. The lowest BCUT2D eigenvalue weighted by Gasteiger charge is -2.42. The van der Waals surface area contributed by atoms with Crippen molar-refractivity contribution in [3.05, 3.63) is 75.7 Å². The number of nitriles is 1. The lowest BCUT2D eigenvalue weighted by atomic mass is 9.94. The molecular weight excluding hydrogens is 591 g/mol. The molecule has 3 heterocycles. The first-order valence-electron chi connectivity index (χ1n) is 15.8. The van der Waals surface area contributed by atoms with Gasteiger partial charge in [-0.3, -0.25) is 14.9 Å². The first-order chi connectivity index (χ1) is 21.2. The molecule has 8 nitrogen and oxygen atoms in total. The third kappa shape index (κ3) is 6.72. The fourth-order valence-corrected chi connectivity index (χ4v) is 7.09. The Labute approximate surface area is 270 Å². The molecule has 1 saturated heterocycles. The number of nitrogens with one attached hydrogen (secondary N) is 4. The summed E-state index contributed by atoms with van der Waals surface area (Å²) in [5, 5.41) is 21.7. The second-order valence-electron chi connectivity index (χ2n) is 13.2. The van der Waals surface area contributed by atoms with E-state index in [1.165, 1.54) is 19.3 Å². The van der Waals surface area contributed by atoms with Crippen LogP contribution in [0.4, 0.5) is 11.4 Å². The summed E-state index contributed by atoms with van der Waals surface area (Å²) in [7, 11) is 0. The number of rotatable bonds is 7. The van der Waals surface area contributed by atoms with Gasteiger partial charge in [0.15, 0.2) is 0 Å². The Hall–Kier alpha value is -3.22. The largest absolute Gasteiger partial charge is 0.381 e. The van der Waals surface area contributed by atoms with E-state index in [4.69, 9.17) is 23.2 Å². The minimum absolute atomic E-state index is 0.183. The van der Waals surface area contributed by atoms with Gasteiger partial charge in [-0.15, -0.1) is 5.53 Å². The highest BCUT2D eigenvalue weighted by Gasteiger charge is 2.32. The third-order valence-electron chi connectivity index (χ3n) is 9.24. The average Bonchev–Trinajstić information content (AvgIpc) is 3.51. The van der Waals surface area contributed by atoms with Crippen LogP contribution in [-0.4, -0.2) is 45.6 Å². The molecule has 1 saturated carbocycles. The van der Waals surface area contributed by atoms with E-state index in [9.17, 15) is 5.26 Å². The maximum absolute atomic E-state index is 9.97. The summed E-state index contributed by atoms with van der Waals surface area (Å²) >= 11 is 13.1. The van der Waals surface area contributed by atoms with E-state index < -0.39 is 0 Å². The highest BCUT2D eigenvalue weighted by Crippen LogP contribution is 2.37. The summed E-state index contributed by atoms with van der Waals surface area (Å²) in [6, 6.07) is 14.7. The van der Waals surface area contributed by atoms with Gasteiger partial charge in [-0.05, 0) is 76.3 Å². The normalized spacial score (nSPS) is 19.4. The summed E-state index contributed by atoms with van der Waals surface area (Å²) in [6.07, 6.45) is 11.8. The molecule has 10 heteroatoms. The minimum Gasteiger partial charge on any atom is -0.381 e. The summed E-state index contributed by atoms with van der Waals surface area (Å²) < 4.78 is 0. The molecule has 0 bridgehead atoms. The fourth-order valence-electron chi connectivity index (χ4n) is 6.70. The minimum atomic E-state index is -0.213. The zero-order valence-corrected chi connectivity index (χ0v) is 27.3. The molecule has 0 unspecified atom stereocenters. The average molecular weight is 634 g/mol. The number of hydrazine groups is 2. The zero-order chi connectivity index (χ0) is 30.8. The number of hydrogen-bond acceptors (Lipinski definition) is 8. The van der Waals surface area contributed by atoms with E-state index in [0.29, 0.717) is 33.2 Å². The second kappa shape index (κ2) is 13.0. The van der Waals surface area contributed by atoms with Gasteiger partial charge in [0.1, 0.15) is 6.07 Å². The monoisotopic (exact) mass is 632 g/mol. The Bertz CT molecular complexity index is 1540. The summed E-state index contributed by atoms with van der Waals surface area (Å²) in [6.45, 7) is 9.00. The molecule has 2 aliphatic heterocycles. The fraction of sp³-hybridized carbons (Fsp3) is 0.471. The molecule has 0 spiro atoms. The second-order valence-corrected chi connectivity index (χ2v) is 14.1. The maximum Gasteiger partial charge on any atom is 0.103 e. The van der Waals surface area contributed by atoms with Gasteiger partial charge in [-0.2, -0.15) is 5.26 Å². The van der Waals surface area contributed by atoms with Gasteiger partial charge < -0.3 is 16.1 Å². The number of likely N-dealkylation sites (tertiary alicyclic amines) is 1. The van der Waals surface area contributed by atoms with Crippen LogP contribution in [0.15, 0.2) is 54.5 Å². The predicted molar refractivity (Wildman–Crippen MR) is 180 cm³/mol. The van der Waals surface area contributed by atoms with Crippen LogP contribution in [0.25, 0.3) is 10.9 Å². The number of halogens is 2. The summed E-state index contributed by atoms with van der Waals surface area (Å²) in [5.41, 5.74) is 11.9. The van der Waals surface area contributed by atoms with Crippen molar-refractivity contribution >= 4 is 45.5 Å². The molecule has 44 heavy (non-hydrogen) atoms. The highest BCUT2D eigenvalue weighted by atomic mass is 35.5. The number of piperidine rings is 1. The number of anilines is 2. The third-order valence-corrected chi connectivity index (χ3v) is 9.78. The molecule has 2 aromatic carbocycles. The van der Waals surface area contributed by atoms with E-state index in [1.807, 2.05) is 30.3 Å². The molecular formula is C34H42Cl2N8. The Kier molecular flexibility index (Phi) is 9.11. The first kappa shape index (κ1) is 30.8. The Morgan fingerprint density at radius 2 is 1.75 bits per heavy atom. The summed E-state index contributed by atoms with van der Waals surface area (Å²) in [5.74, 6) is 0. The Balaban J connectivity index is 1.31. The summed E-state index contributed by atoms with van der Waals surface area (Å²) in [4.78, 5) is 7.13. The van der Waals surface area contributed by atoms with Gasteiger partial charge in [-0.25, -0.2) is 0 Å². The van der Waals surface area contributed by atoms with Crippen LogP contribution < -0.4 is 21.6 Å². The van der Waals surface area contributed by atoms with Crippen LogP contribution in [0.3, 0.4) is 0 Å². The van der Waals surface area contributed by atoms with Gasteiger partial charge in [0.2, 0.25) is 0 Å². The van der Waals surface area contributed by atoms with Gasteiger partial charge in [0.05, 0.1) is 33.5 Å². The Morgan fingerprint density at radius 1 is 1.02 bits per heavy atom. The van der Waals surface area contributed by atoms with Crippen LogP contribution in [0.5, 0.6) is 0 Å². The topological polar surface area (TPSA) is 91.3 Å². The molecule has 0 radical (unpaired) electrons. The van der Waals surface area contributed by atoms with Crippen molar-refractivity contribution in [2.45, 2.75) is 89.4 Å². The number of nitrogens with zero attached hydrogens (tertiary/aromatic N) is 4. The lowest BCUT2D eigenvalue weighted by molar-refractivity contribution is 0.0570. The van der Waals surface area contributed by atoms with Crippen molar-refractivity contribution in [2.24, 2.45) is 0 Å². The molecule has 0 amide bonds. The van der Waals surface area contributed by atoms with Gasteiger partial charge in [0, 0.05) is 59.2 Å². The van der Waals surface area contributed by atoms with Crippen LogP contribution in [0.1, 0.15) is 82.9 Å². The number of fused-ring (bicyclic) bond motifs is 1. The van der Waals surface area contributed by atoms with E-state index in [-0.39, 0.29) is 11.6 Å². The first-order valence-corrected chi connectivity index (χ1v) is 16.5. The van der Waals surface area contributed by atoms with Crippen LogP contribution in [-0.2, 0) is 0 Å². The molecule has 1 atom stereocenters. The van der Waals surface area contributed by atoms with Crippen molar-refractivity contribution in [1.82, 2.24) is 25.9 Å². The number of pyridine rings is 1. The molecule has 2 fully saturated rings. The van der Waals surface area contributed by atoms with E-state index in [2.05, 4.69) is 75.6 Å². The zero-order valence-electron chi connectivity index (χ0n) is 25.8. The molecule has 232 valence electrons. The van der Waals surface area contributed by atoms with Crippen LogP contribution in [0.2, 0.25) is 10.0 Å². The number of aromatic nitrogens is 1. The standard InChI is InChI=1S/C34H42Cl2N8/c1-34(2,3)43-15-13-27(14-16-43)44-21-30(41-42-44)32(22-9-11-24(35)12-10-22)40-26-17-28-31(39-25-7-5-4-6-8-25)23(19-37)20-38-33(28)29(36)18-26/h9-12,17-18,20-21,25,27,32,40-42H,4-8,13-16H2,1-3H3,(H,38,39)/t32-/m0/s1. The molecule has 3 aromatic rings. The Morgan fingerprint density at radius 3 is 2.43 bits per heavy atom. The van der Waals surface area contributed by atoms with Crippen molar-refractivity contribution in [3.8, 4) is 6.07 Å². The number of benzene rings is 2. The maximum atomic E-state index is 9.97. The van der Waals surface area contributed by atoms with E-state index in [1.54, 1.807) is 6.20 Å². The van der Waals surface area contributed by atoms with Crippen molar-refractivity contribution < 1.29 is 0 Å². The van der Waals surface area contributed by atoms with Crippen molar-refractivity contribution in [1.29, 1.82) is 5.26 Å². The van der Waals surface area contributed by atoms with Crippen LogP contribution >= 0.6 is 23.2 Å². The molecule has 4 N–H and O–H groups in total. The molecule has 1 aromatic heterocycles. The lowest BCUT2D eigenvalue weighted by Crippen LogP contribution is -2.52.